The Labute approximate surface area is 328 Å². The molecule has 5 aromatic rings. The largest absolute Gasteiger partial charge is 0.497 e. The third-order valence-electron chi connectivity index (χ3n) is 11.5. The molecule has 1 spiro atoms. The predicted molar refractivity (Wildman–Crippen MR) is 222 cm³/mol. The van der Waals surface area contributed by atoms with Crippen molar-refractivity contribution in [3.8, 4) is 5.75 Å². The van der Waals surface area contributed by atoms with Crippen molar-refractivity contribution in [1.29, 1.82) is 0 Å². The van der Waals surface area contributed by atoms with Crippen molar-refractivity contribution in [1.82, 2.24) is 4.90 Å². The summed E-state index contributed by atoms with van der Waals surface area (Å²) in [6.07, 6.45) is -0.642. The lowest BCUT2D eigenvalue weighted by Crippen LogP contribution is -2.52. The number of carbonyl (C=O) groups excluding carboxylic acids is 3. The van der Waals surface area contributed by atoms with E-state index in [2.05, 4.69) is 37.5 Å². The molecule has 0 unspecified atom stereocenters. The molecule has 2 aliphatic heterocycles. The van der Waals surface area contributed by atoms with Crippen LogP contribution < -0.4 is 25.9 Å². The topological polar surface area (TPSA) is 134 Å². The maximum absolute atomic E-state index is 15.4. The zero-order valence-electron chi connectivity index (χ0n) is 32.1. The Bertz CT molecular complexity index is 2200. The number of benzene rings is 5. The maximum atomic E-state index is 15.4. The number of nitrogens with one attached hydrogen (secondary N) is 1. The van der Waals surface area contributed by atoms with Gasteiger partial charge in [-0.25, -0.2) is 0 Å². The molecule has 3 amide bonds. The zero-order chi connectivity index (χ0) is 39.6. The van der Waals surface area contributed by atoms with E-state index in [1.807, 2.05) is 84.9 Å². The third kappa shape index (κ3) is 7.09. The molecule has 10 nitrogen and oxygen atoms in total. The average Bonchev–Trinajstić information content (AvgIpc) is 3.64. The van der Waals surface area contributed by atoms with Crippen molar-refractivity contribution in [3.63, 3.8) is 0 Å². The first-order chi connectivity index (χ1) is 27.0. The Morgan fingerprint density at radius 3 is 2.23 bits per heavy atom. The number of methoxy groups -OCH3 is 1. The van der Waals surface area contributed by atoms with Gasteiger partial charge in [0.2, 0.25) is 5.91 Å². The van der Waals surface area contributed by atoms with Gasteiger partial charge in [-0.15, -0.1) is 0 Å². The summed E-state index contributed by atoms with van der Waals surface area (Å²) in [5, 5.41) is 14.2. The fourth-order valence-corrected chi connectivity index (χ4v) is 12.7. The number of fused-ring (bicyclic) bond motifs is 2. The molecule has 11 heteroatoms. The van der Waals surface area contributed by atoms with Crippen molar-refractivity contribution >= 4 is 53.7 Å². The van der Waals surface area contributed by atoms with Crippen LogP contribution in [0.15, 0.2) is 127 Å². The van der Waals surface area contributed by atoms with Gasteiger partial charge in [-0.1, -0.05) is 85.9 Å². The molecule has 4 N–H and O–H groups in total. The Morgan fingerprint density at radius 1 is 0.929 bits per heavy atom. The molecule has 1 saturated heterocycles. The van der Waals surface area contributed by atoms with Gasteiger partial charge in [-0.05, 0) is 77.8 Å². The van der Waals surface area contributed by atoms with E-state index in [1.54, 1.807) is 47.2 Å². The summed E-state index contributed by atoms with van der Waals surface area (Å²) in [4.78, 5) is 46.6. The predicted octanol–water partition coefficient (Wildman–Crippen LogP) is 6.84. The van der Waals surface area contributed by atoms with Gasteiger partial charge in [-0.3, -0.25) is 19.3 Å². The molecule has 2 heterocycles. The summed E-state index contributed by atoms with van der Waals surface area (Å²) >= 11 is 0. The number of hydrogen-bond donors (Lipinski definition) is 3. The van der Waals surface area contributed by atoms with Crippen LogP contribution in [-0.4, -0.2) is 62.2 Å². The number of para-hydroxylation sites is 1. The molecule has 0 aliphatic carbocycles. The number of aliphatic hydroxyl groups excluding tert-OH is 1. The summed E-state index contributed by atoms with van der Waals surface area (Å²) < 4.78 is 12.8. The van der Waals surface area contributed by atoms with Gasteiger partial charge in [0.1, 0.15) is 5.75 Å². The second-order valence-electron chi connectivity index (χ2n) is 15.2. The van der Waals surface area contributed by atoms with Gasteiger partial charge in [0.25, 0.3) is 11.8 Å². The van der Waals surface area contributed by atoms with Crippen LogP contribution in [0.4, 0.5) is 22.7 Å². The maximum Gasteiger partial charge on any atom is 0.268 e. The van der Waals surface area contributed by atoms with Crippen LogP contribution in [0.2, 0.25) is 18.6 Å². The molecule has 1 fully saturated rings. The molecule has 0 radical (unpaired) electrons. The molecule has 2 aliphatic rings. The van der Waals surface area contributed by atoms with Gasteiger partial charge >= 0.3 is 0 Å². The van der Waals surface area contributed by atoms with E-state index >= 15 is 4.79 Å². The second-order valence-corrected chi connectivity index (χ2v) is 19.9. The van der Waals surface area contributed by atoms with E-state index in [0.29, 0.717) is 40.4 Å². The average molecular weight is 769 g/mol. The zero-order valence-corrected chi connectivity index (χ0v) is 33.1. The highest BCUT2D eigenvalue weighted by molar-refractivity contribution is 6.91. The number of aliphatic hydroxyl groups is 1. The molecule has 56 heavy (non-hydrogen) atoms. The monoisotopic (exact) mass is 768 g/mol. The van der Waals surface area contributed by atoms with Gasteiger partial charge in [0, 0.05) is 47.2 Å². The number of carbonyl (C=O) groups is 3. The Hall–Kier alpha value is -5.75. The first kappa shape index (κ1) is 38.5. The smallest absolute Gasteiger partial charge is 0.268 e. The number of rotatable bonds is 12. The van der Waals surface area contributed by atoms with E-state index < -0.39 is 25.7 Å². The van der Waals surface area contributed by atoms with Crippen molar-refractivity contribution in [2.45, 2.75) is 50.2 Å². The van der Waals surface area contributed by atoms with Crippen LogP contribution in [0.3, 0.4) is 0 Å². The van der Waals surface area contributed by atoms with Gasteiger partial charge in [0.05, 0.1) is 40.0 Å². The number of amides is 3. The highest BCUT2D eigenvalue weighted by Gasteiger charge is 2.67. The highest BCUT2D eigenvalue weighted by atomic mass is 28.3. The molecule has 4 atom stereocenters. The number of nitrogens with two attached hydrogens (primary N) is 1. The SMILES string of the molecule is COc1ccc([Si](C)(C)[C@@H]2[C@@H](CC(=O)N(CCO)Cc3ccccc3)O[C@]3(C(=O)N(c4ccccc4)c4ccc(NC(=O)c5ccc(N)cc5)cc43)[C@H]2C)cc1. The summed E-state index contributed by atoms with van der Waals surface area (Å²) in [7, 11) is -0.952. The molecule has 7 rings (SSSR count). The van der Waals surface area contributed by atoms with Crippen LogP contribution in [0.1, 0.15) is 34.8 Å². The number of hydrogen-bond acceptors (Lipinski definition) is 7. The van der Waals surface area contributed by atoms with E-state index in [0.717, 1.165) is 16.5 Å². The van der Waals surface area contributed by atoms with E-state index in [1.165, 1.54) is 0 Å². The molecule has 0 aromatic heterocycles. The minimum atomic E-state index is -2.59. The van der Waals surface area contributed by atoms with Gasteiger partial charge in [-0.2, -0.15) is 0 Å². The van der Waals surface area contributed by atoms with E-state index in [9.17, 15) is 14.7 Å². The van der Waals surface area contributed by atoms with Crippen LogP contribution in [0.5, 0.6) is 5.75 Å². The van der Waals surface area contributed by atoms with Crippen molar-refractivity contribution in [2.75, 3.05) is 36.2 Å². The molecule has 0 bridgehead atoms. The summed E-state index contributed by atoms with van der Waals surface area (Å²) in [5.41, 5.74) is 8.58. The van der Waals surface area contributed by atoms with Crippen LogP contribution in [-0.2, 0) is 26.5 Å². The standard InChI is InChI=1S/C45H48N4O6Si/c1-30-42(56(3,4)37-22-20-36(54-2)21-23-37)40(28-41(51)48(25-26-50)29-31-11-7-5-8-12-31)55-45(30)38-27-34(47-43(52)32-15-17-33(46)18-16-32)19-24-39(38)49(44(45)53)35-13-9-6-10-14-35/h5-24,27,30,40,42,50H,25-26,28-29,46H2,1-4H3,(H,47,52)/t30-,40+,42-,45+/m0/s1. The summed E-state index contributed by atoms with van der Waals surface area (Å²) in [6.45, 7) is 6.90. The quantitative estimate of drug-likeness (QED) is 0.0936. The second kappa shape index (κ2) is 15.8. The van der Waals surface area contributed by atoms with Gasteiger partial charge < -0.3 is 30.5 Å². The minimum Gasteiger partial charge on any atom is -0.497 e. The normalized spacial score (nSPS) is 20.2. The Morgan fingerprint density at radius 2 is 1.59 bits per heavy atom. The summed E-state index contributed by atoms with van der Waals surface area (Å²) in [6, 6.07) is 39.4. The molecule has 288 valence electrons. The lowest BCUT2D eigenvalue weighted by atomic mass is 9.82. The van der Waals surface area contributed by atoms with Crippen molar-refractivity contribution in [2.24, 2.45) is 5.92 Å². The fourth-order valence-electron chi connectivity index (χ4n) is 8.71. The fraction of sp³-hybridized carbons (Fsp3) is 0.267. The highest BCUT2D eigenvalue weighted by Crippen LogP contribution is 2.61. The number of anilines is 4. The first-order valence-corrected chi connectivity index (χ1v) is 22.0. The van der Waals surface area contributed by atoms with E-state index in [-0.39, 0.29) is 42.8 Å². The molecule has 0 saturated carbocycles. The summed E-state index contributed by atoms with van der Waals surface area (Å²) in [5.74, 6) is -0.390. The third-order valence-corrected chi connectivity index (χ3v) is 15.9. The Kier molecular flexibility index (Phi) is 10.9. The first-order valence-electron chi connectivity index (χ1n) is 18.9. The minimum absolute atomic E-state index is 0.0116. The van der Waals surface area contributed by atoms with Crippen molar-refractivity contribution < 1.29 is 29.0 Å². The van der Waals surface area contributed by atoms with Crippen LogP contribution in [0, 0.1) is 5.92 Å². The van der Waals surface area contributed by atoms with Crippen molar-refractivity contribution in [3.05, 3.63) is 144 Å². The lowest BCUT2D eigenvalue weighted by molar-refractivity contribution is -0.149. The Balaban J connectivity index is 1.33. The number of nitrogens with zero attached hydrogens (tertiary/aromatic N) is 2. The van der Waals surface area contributed by atoms with Gasteiger partial charge in [0.15, 0.2) is 5.60 Å². The van der Waals surface area contributed by atoms with Crippen LogP contribution in [0.25, 0.3) is 0 Å². The number of ether oxygens (including phenoxy) is 2. The molecular formula is C45H48N4O6Si. The van der Waals surface area contributed by atoms with Crippen LogP contribution >= 0.6 is 0 Å². The molecular weight excluding hydrogens is 721 g/mol. The number of nitrogen functional groups attached to an aromatic ring is 1. The molecule has 5 aromatic carbocycles. The van der Waals surface area contributed by atoms with E-state index in [4.69, 9.17) is 15.2 Å². The lowest BCUT2D eigenvalue weighted by Gasteiger charge is -2.37.